The molecule has 0 aliphatic rings. The summed E-state index contributed by atoms with van der Waals surface area (Å²) in [7, 11) is 0. The minimum absolute atomic E-state index is 0.210. The number of hydrogen-bond donors (Lipinski definition) is 2. The third kappa shape index (κ3) is 4.74. The Kier molecular flexibility index (Phi) is 4.06. The molecule has 3 N–H and O–H groups in total. The van der Waals surface area contributed by atoms with Crippen LogP contribution in [0.15, 0.2) is 0 Å². The molecule has 0 aliphatic heterocycles. The van der Waals surface area contributed by atoms with Crippen LogP contribution in [0.1, 0.15) is 0 Å². The van der Waals surface area contributed by atoms with E-state index in [1.165, 1.54) is 0 Å². The second-order valence-electron chi connectivity index (χ2n) is 1.89. The number of carbonyl (C=O) groups excluding carboxylic acids is 1. The van der Waals surface area contributed by atoms with Crippen molar-refractivity contribution in [3.63, 3.8) is 0 Å². The van der Waals surface area contributed by atoms with Crippen molar-refractivity contribution in [2.24, 2.45) is 5.73 Å². The van der Waals surface area contributed by atoms with E-state index in [-0.39, 0.29) is 13.1 Å². The van der Waals surface area contributed by atoms with Crippen molar-refractivity contribution in [3.05, 3.63) is 0 Å². The smallest absolute Gasteiger partial charge is 0.329 e. The van der Waals surface area contributed by atoms with Gasteiger partial charge in [-0.3, -0.25) is 4.79 Å². The molecule has 0 heterocycles. The minimum Gasteiger partial charge on any atom is -0.329 e. The second kappa shape index (κ2) is 4.30. The molecule has 0 amide bonds. The lowest BCUT2D eigenvalue weighted by atomic mass is 10.4. The first-order chi connectivity index (χ1) is 4.98. The molecule has 0 radical (unpaired) electrons. The SMILES string of the molecule is NCCNCC(=O)C(F)(F)F. The Morgan fingerprint density at radius 1 is 1.45 bits per heavy atom. The van der Waals surface area contributed by atoms with Crippen molar-refractivity contribution in [1.82, 2.24) is 5.32 Å². The maximum absolute atomic E-state index is 11.5. The quantitative estimate of drug-likeness (QED) is 0.568. The summed E-state index contributed by atoms with van der Waals surface area (Å²) in [5, 5.41) is 2.25. The van der Waals surface area contributed by atoms with Gasteiger partial charge in [0.15, 0.2) is 0 Å². The van der Waals surface area contributed by atoms with E-state index in [9.17, 15) is 18.0 Å². The molecule has 0 fully saturated rings. The number of rotatable bonds is 4. The van der Waals surface area contributed by atoms with Crippen LogP contribution in [0, 0.1) is 0 Å². The first kappa shape index (κ1) is 10.4. The molecule has 0 spiro atoms. The Labute approximate surface area is 61.7 Å². The summed E-state index contributed by atoms with van der Waals surface area (Å²) in [6.07, 6.45) is -4.73. The standard InChI is InChI=1S/C5H9F3N2O/c6-5(7,8)4(11)3-10-2-1-9/h10H,1-3,9H2. The molecule has 0 atom stereocenters. The fourth-order valence-corrected chi connectivity index (χ4v) is 0.404. The molecular formula is C5H9F3N2O. The topological polar surface area (TPSA) is 55.1 Å². The van der Waals surface area contributed by atoms with Gasteiger partial charge >= 0.3 is 6.18 Å². The van der Waals surface area contributed by atoms with Gasteiger partial charge in [0.1, 0.15) is 0 Å². The molecule has 0 aromatic heterocycles. The minimum atomic E-state index is -4.73. The van der Waals surface area contributed by atoms with Gasteiger partial charge in [0.2, 0.25) is 5.78 Å². The molecule has 66 valence electrons. The second-order valence-corrected chi connectivity index (χ2v) is 1.89. The molecule has 0 saturated carbocycles. The van der Waals surface area contributed by atoms with Crippen molar-refractivity contribution in [2.75, 3.05) is 19.6 Å². The summed E-state index contributed by atoms with van der Waals surface area (Å²) in [5.74, 6) is -1.77. The maximum Gasteiger partial charge on any atom is 0.451 e. The zero-order valence-corrected chi connectivity index (χ0v) is 5.74. The lowest BCUT2D eigenvalue weighted by Gasteiger charge is -2.04. The van der Waals surface area contributed by atoms with E-state index in [2.05, 4.69) is 5.32 Å². The molecule has 11 heavy (non-hydrogen) atoms. The number of alkyl halides is 3. The molecule has 0 aromatic carbocycles. The third-order valence-electron chi connectivity index (χ3n) is 0.923. The highest BCUT2D eigenvalue weighted by molar-refractivity contribution is 5.85. The first-order valence-corrected chi connectivity index (χ1v) is 2.99. The van der Waals surface area contributed by atoms with Gasteiger partial charge in [-0.05, 0) is 0 Å². The molecule has 3 nitrogen and oxygen atoms in total. The number of ketones is 1. The molecule has 0 bridgehead atoms. The highest BCUT2D eigenvalue weighted by Gasteiger charge is 2.37. The van der Waals surface area contributed by atoms with E-state index < -0.39 is 18.5 Å². The van der Waals surface area contributed by atoms with E-state index in [1.54, 1.807) is 0 Å². The fourth-order valence-electron chi connectivity index (χ4n) is 0.404. The van der Waals surface area contributed by atoms with Gasteiger partial charge in [-0.2, -0.15) is 13.2 Å². The van der Waals surface area contributed by atoms with Crippen molar-refractivity contribution in [2.45, 2.75) is 6.18 Å². The predicted molar refractivity (Wildman–Crippen MR) is 33.0 cm³/mol. The van der Waals surface area contributed by atoms with Crippen LogP contribution < -0.4 is 11.1 Å². The van der Waals surface area contributed by atoms with Gasteiger partial charge in [-0.25, -0.2) is 0 Å². The zero-order valence-electron chi connectivity index (χ0n) is 5.74. The van der Waals surface area contributed by atoms with Gasteiger partial charge in [0, 0.05) is 13.1 Å². The summed E-state index contributed by atoms with van der Waals surface area (Å²) in [6.45, 7) is -0.270. The summed E-state index contributed by atoms with van der Waals surface area (Å²) in [4.78, 5) is 10.1. The molecule has 0 aliphatic carbocycles. The maximum atomic E-state index is 11.5. The van der Waals surface area contributed by atoms with Crippen LogP contribution in [0.5, 0.6) is 0 Å². The summed E-state index contributed by atoms with van der Waals surface area (Å²) < 4.78 is 34.4. The van der Waals surface area contributed by atoms with Crippen molar-refractivity contribution >= 4 is 5.78 Å². The van der Waals surface area contributed by atoms with Crippen LogP contribution in [0.25, 0.3) is 0 Å². The number of nitrogens with two attached hydrogens (primary N) is 1. The molecule has 0 rings (SSSR count). The van der Waals surface area contributed by atoms with Gasteiger partial charge in [-0.15, -0.1) is 0 Å². The van der Waals surface area contributed by atoms with Crippen molar-refractivity contribution in [1.29, 1.82) is 0 Å². The Hall–Kier alpha value is -0.620. The number of Topliss-reactive ketones (excluding diaryl/α,β-unsaturated/α-hetero) is 1. The normalized spacial score (nSPS) is 11.6. The van der Waals surface area contributed by atoms with Crippen LogP contribution in [0.2, 0.25) is 0 Å². The average molecular weight is 170 g/mol. The molecule has 0 saturated heterocycles. The van der Waals surface area contributed by atoms with E-state index in [0.29, 0.717) is 0 Å². The summed E-state index contributed by atoms with van der Waals surface area (Å²) in [5.41, 5.74) is 4.97. The highest BCUT2D eigenvalue weighted by Crippen LogP contribution is 2.14. The van der Waals surface area contributed by atoms with Gasteiger partial charge in [0.05, 0.1) is 6.54 Å². The van der Waals surface area contributed by atoms with Gasteiger partial charge in [0.25, 0.3) is 0 Å². The van der Waals surface area contributed by atoms with E-state index in [4.69, 9.17) is 5.73 Å². The van der Waals surface area contributed by atoms with E-state index in [0.717, 1.165) is 0 Å². The Morgan fingerprint density at radius 2 is 2.00 bits per heavy atom. The molecule has 0 unspecified atom stereocenters. The van der Waals surface area contributed by atoms with Crippen molar-refractivity contribution in [3.8, 4) is 0 Å². The number of halogens is 3. The molecule has 6 heteroatoms. The lowest BCUT2D eigenvalue weighted by molar-refractivity contribution is -0.169. The van der Waals surface area contributed by atoms with Crippen LogP contribution in [0.3, 0.4) is 0 Å². The lowest BCUT2D eigenvalue weighted by Crippen LogP contribution is -2.35. The number of hydrogen-bond acceptors (Lipinski definition) is 3. The number of nitrogens with one attached hydrogen (secondary N) is 1. The highest BCUT2D eigenvalue weighted by atomic mass is 19.4. The Bertz CT molecular complexity index is 134. The van der Waals surface area contributed by atoms with Crippen LogP contribution >= 0.6 is 0 Å². The van der Waals surface area contributed by atoms with Gasteiger partial charge < -0.3 is 11.1 Å². The molecule has 0 aromatic rings. The average Bonchev–Trinajstić information content (AvgIpc) is 1.86. The largest absolute Gasteiger partial charge is 0.451 e. The van der Waals surface area contributed by atoms with Crippen LogP contribution in [0.4, 0.5) is 13.2 Å². The predicted octanol–water partition coefficient (Wildman–Crippen LogP) is -0.334. The number of carbonyl (C=O) groups is 1. The van der Waals surface area contributed by atoms with Crippen molar-refractivity contribution < 1.29 is 18.0 Å². The first-order valence-electron chi connectivity index (χ1n) is 2.99. The molecular weight excluding hydrogens is 161 g/mol. The van der Waals surface area contributed by atoms with Crippen LogP contribution in [-0.2, 0) is 4.79 Å². The van der Waals surface area contributed by atoms with E-state index >= 15 is 0 Å². The fraction of sp³-hybridized carbons (Fsp3) is 0.800. The van der Waals surface area contributed by atoms with Gasteiger partial charge in [-0.1, -0.05) is 0 Å². The zero-order chi connectivity index (χ0) is 8.91. The van der Waals surface area contributed by atoms with Crippen LogP contribution in [-0.4, -0.2) is 31.6 Å². The summed E-state index contributed by atoms with van der Waals surface area (Å²) >= 11 is 0. The Balaban J connectivity index is 3.54. The Morgan fingerprint density at radius 3 is 2.36 bits per heavy atom. The van der Waals surface area contributed by atoms with E-state index in [1.807, 2.05) is 0 Å². The summed E-state index contributed by atoms with van der Waals surface area (Å²) in [6, 6.07) is 0. The monoisotopic (exact) mass is 170 g/mol. The third-order valence-corrected chi connectivity index (χ3v) is 0.923.